The van der Waals surface area contributed by atoms with Crippen LogP contribution in [-0.4, -0.2) is 15.9 Å². The van der Waals surface area contributed by atoms with Gasteiger partial charge in [-0.2, -0.15) is 0 Å². The van der Waals surface area contributed by atoms with Crippen LogP contribution in [0.25, 0.3) is 21.0 Å². The molecule has 1 N–H and O–H groups in total. The number of thiazole rings is 1. The van der Waals surface area contributed by atoms with E-state index in [9.17, 15) is 4.79 Å². The molecule has 0 bridgehead atoms. The molecule has 0 fully saturated rings. The van der Waals surface area contributed by atoms with Crippen molar-refractivity contribution in [3.8, 4) is 10.8 Å². The van der Waals surface area contributed by atoms with Crippen LogP contribution >= 0.6 is 22.7 Å². The van der Waals surface area contributed by atoms with Gasteiger partial charge in [0.05, 0.1) is 27.2 Å². The van der Waals surface area contributed by atoms with Gasteiger partial charge in [0.15, 0.2) is 5.13 Å². The van der Waals surface area contributed by atoms with Crippen molar-refractivity contribution >= 4 is 43.9 Å². The van der Waals surface area contributed by atoms with Gasteiger partial charge in [-0.05, 0) is 43.0 Å². The number of hydrogen-bond acceptors (Lipinski definition) is 6. The minimum atomic E-state index is -0.148. The van der Waals surface area contributed by atoms with E-state index in [0.29, 0.717) is 22.5 Å². The van der Waals surface area contributed by atoms with Gasteiger partial charge in [0.1, 0.15) is 5.76 Å². The maximum atomic E-state index is 12.4. The van der Waals surface area contributed by atoms with E-state index in [1.54, 1.807) is 11.3 Å². The standard InChI is InChI=1S/C18H15N3O2S2/c1-10-5-6-12-15(8-10)25-18(20-12)21-16(22)9-13-11(2)23-17(19-13)14-4-3-7-24-14/h3-8H,9H2,1-2H3,(H,20,21,22). The molecule has 3 aromatic heterocycles. The Kier molecular flexibility index (Phi) is 4.10. The molecule has 0 spiro atoms. The third-order valence-corrected chi connectivity index (χ3v) is 5.53. The molecule has 0 unspecified atom stereocenters. The first-order valence-corrected chi connectivity index (χ1v) is 9.45. The highest BCUT2D eigenvalue weighted by Crippen LogP contribution is 2.28. The average Bonchev–Trinajstić information content (AvgIpc) is 3.27. The van der Waals surface area contributed by atoms with Gasteiger partial charge in [0, 0.05) is 0 Å². The summed E-state index contributed by atoms with van der Waals surface area (Å²) in [6, 6.07) is 9.94. The highest BCUT2D eigenvalue weighted by Gasteiger charge is 2.16. The molecule has 1 aromatic carbocycles. The third kappa shape index (κ3) is 3.33. The van der Waals surface area contributed by atoms with Crippen LogP contribution in [0.15, 0.2) is 40.1 Å². The zero-order valence-electron chi connectivity index (χ0n) is 13.7. The summed E-state index contributed by atoms with van der Waals surface area (Å²) in [7, 11) is 0. The van der Waals surface area contributed by atoms with E-state index < -0.39 is 0 Å². The minimum Gasteiger partial charge on any atom is -0.440 e. The summed E-state index contributed by atoms with van der Waals surface area (Å²) in [4.78, 5) is 22.2. The summed E-state index contributed by atoms with van der Waals surface area (Å²) in [6.07, 6.45) is 0.162. The van der Waals surface area contributed by atoms with Crippen molar-refractivity contribution < 1.29 is 9.21 Å². The van der Waals surface area contributed by atoms with Crippen molar-refractivity contribution in [2.75, 3.05) is 5.32 Å². The zero-order valence-corrected chi connectivity index (χ0v) is 15.3. The molecule has 0 aliphatic rings. The first-order chi connectivity index (χ1) is 12.1. The summed E-state index contributed by atoms with van der Waals surface area (Å²) in [5.41, 5.74) is 2.72. The van der Waals surface area contributed by atoms with Crippen LogP contribution in [-0.2, 0) is 11.2 Å². The summed E-state index contributed by atoms with van der Waals surface area (Å²) < 4.78 is 6.74. The molecule has 0 aliphatic carbocycles. The summed E-state index contributed by atoms with van der Waals surface area (Å²) in [5.74, 6) is 1.08. The van der Waals surface area contributed by atoms with Crippen LogP contribution in [0.1, 0.15) is 17.0 Å². The van der Waals surface area contributed by atoms with Crippen LogP contribution in [0.3, 0.4) is 0 Å². The van der Waals surface area contributed by atoms with E-state index in [4.69, 9.17) is 4.42 Å². The van der Waals surface area contributed by atoms with Gasteiger partial charge < -0.3 is 9.73 Å². The predicted octanol–water partition coefficient (Wildman–Crippen LogP) is 4.81. The van der Waals surface area contributed by atoms with Gasteiger partial charge in [-0.25, -0.2) is 9.97 Å². The molecular formula is C18H15N3O2S2. The quantitative estimate of drug-likeness (QED) is 0.560. The Bertz CT molecular complexity index is 1050. The maximum absolute atomic E-state index is 12.4. The molecular weight excluding hydrogens is 354 g/mol. The Labute approximate surface area is 152 Å². The van der Waals surface area contributed by atoms with E-state index in [-0.39, 0.29) is 12.3 Å². The second-order valence-electron chi connectivity index (χ2n) is 5.71. The molecule has 0 saturated heterocycles. The Morgan fingerprint density at radius 2 is 2.12 bits per heavy atom. The van der Waals surface area contributed by atoms with Crippen LogP contribution in [0.5, 0.6) is 0 Å². The Morgan fingerprint density at radius 1 is 1.24 bits per heavy atom. The average molecular weight is 369 g/mol. The number of nitrogens with zero attached hydrogens (tertiary/aromatic N) is 2. The highest BCUT2D eigenvalue weighted by atomic mass is 32.1. The number of oxazole rings is 1. The monoisotopic (exact) mass is 369 g/mol. The number of hydrogen-bond donors (Lipinski definition) is 1. The fourth-order valence-electron chi connectivity index (χ4n) is 2.50. The summed E-state index contributed by atoms with van der Waals surface area (Å²) in [5, 5.41) is 5.43. The molecule has 4 aromatic rings. The molecule has 0 atom stereocenters. The van der Waals surface area contributed by atoms with Crippen molar-refractivity contribution in [3.05, 3.63) is 52.7 Å². The number of anilines is 1. The number of thiophene rings is 1. The number of fused-ring (bicyclic) bond motifs is 1. The van der Waals surface area contributed by atoms with Crippen LogP contribution < -0.4 is 5.32 Å². The lowest BCUT2D eigenvalue weighted by molar-refractivity contribution is -0.115. The lowest BCUT2D eigenvalue weighted by Gasteiger charge is -1.99. The van der Waals surface area contributed by atoms with Gasteiger partial charge >= 0.3 is 0 Å². The third-order valence-electron chi connectivity index (χ3n) is 3.74. The fourth-order valence-corrected chi connectivity index (χ4v) is 4.13. The van der Waals surface area contributed by atoms with Crippen molar-refractivity contribution in [1.29, 1.82) is 0 Å². The summed E-state index contributed by atoms with van der Waals surface area (Å²) >= 11 is 3.03. The van der Waals surface area contributed by atoms with E-state index in [0.717, 1.165) is 15.1 Å². The molecule has 5 nitrogen and oxygen atoms in total. The van der Waals surface area contributed by atoms with Crippen molar-refractivity contribution in [2.24, 2.45) is 0 Å². The molecule has 126 valence electrons. The normalized spacial score (nSPS) is 11.1. The molecule has 4 rings (SSSR count). The molecule has 1 amide bonds. The number of carbonyl (C=O) groups excluding carboxylic acids is 1. The number of nitrogens with one attached hydrogen (secondary N) is 1. The molecule has 3 heterocycles. The first-order valence-electron chi connectivity index (χ1n) is 7.76. The fraction of sp³-hybridized carbons (Fsp3) is 0.167. The molecule has 0 radical (unpaired) electrons. The zero-order chi connectivity index (χ0) is 17.4. The van der Waals surface area contributed by atoms with E-state index >= 15 is 0 Å². The predicted molar refractivity (Wildman–Crippen MR) is 101 cm³/mol. The summed E-state index contributed by atoms with van der Waals surface area (Å²) in [6.45, 7) is 3.86. The van der Waals surface area contributed by atoms with Crippen molar-refractivity contribution in [2.45, 2.75) is 20.3 Å². The number of amides is 1. The maximum Gasteiger partial charge on any atom is 0.236 e. The number of aromatic nitrogens is 2. The van der Waals surface area contributed by atoms with Crippen LogP contribution in [0.2, 0.25) is 0 Å². The Hall–Kier alpha value is -2.51. The lowest BCUT2D eigenvalue weighted by Crippen LogP contribution is -2.14. The van der Waals surface area contributed by atoms with Crippen molar-refractivity contribution in [3.63, 3.8) is 0 Å². The highest BCUT2D eigenvalue weighted by molar-refractivity contribution is 7.22. The SMILES string of the molecule is Cc1ccc2nc(NC(=O)Cc3nc(-c4cccs4)oc3C)sc2c1. The Balaban J connectivity index is 1.50. The van der Waals surface area contributed by atoms with Crippen LogP contribution in [0, 0.1) is 13.8 Å². The lowest BCUT2D eigenvalue weighted by atomic mass is 10.2. The van der Waals surface area contributed by atoms with Gasteiger partial charge in [-0.3, -0.25) is 4.79 Å². The van der Waals surface area contributed by atoms with Crippen molar-refractivity contribution in [1.82, 2.24) is 9.97 Å². The number of rotatable bonds is 4. The van der Waals surface area contributed by atoms with E-state index in [2.05, 4.69) is 21.4 Å². The number of benzene rings is 1. The second-order valence-corrected chi connectivity index (χ2v) is 7.69. The molecule has 7 heteroatoms. The van der Waals surface area contributed by atoms with E-state index in [1.807, 2.05) is 43.5 Å². The van der Waals surface area contributed by atoms with Gasteiger partial charge in [-0.15, -0.1) is 11.3 Å². The molecule has 0 saturated carbocycles. The van der Waals surface area contributed by atoms with Gasteiger partial charge in [0.25, 0.3) is 0 Å². The smallest absolute Gasteiger partial charge is 0.236 e. The molecule has 25 heavy (non-hydrogen) atoms. The van der Waals surface area contributed by atoms with Gasteiger partial charge in [-0.1, -0.05) is 23.5 Å². The van der Waals surface area contributed by atoms with Gasteiger partial charge in [0.2, 0.25) is 11.8 Å². The Morgan fingerprint density at radius 3 is 2.92 bits per heavy atom. The molecule has 0 aliphatic heterocycles. The topological polar surface area (TPSA) is 68.0 Å². The van der Waals surface area contributed by atoms with E-state index in [1.165, 1.54) is 16.9 Å². The largest absolute Gasteiger partial charge is 0.440 e. The minimum absolute atomic E-state index is 0.148. The first kappa shape index (κ1) is 16.0. The van der Waals surface area contributed by atoms with Crippen LogP contribution in [0.4, 0.5) is 5.13 Å². The number of aryl methyl sites for hydroxylation is 2. The number of carbonyl (C=O) groups is 1. The second kappa shape index (κ2) is 6.42.